The zero-order valence-electron chi connectivity index (χ0n) is 10.7. The molecule has 0 spiro atoms. The first-order chi connectivity index (χ1) is 8.58. The topological polar surface area (TPSA) is 78.4 Å². The van der Waals surface area contributed by atoms with Gasteiger partial charge in [-0.3, -0.25) is 0 Å². The number of rotatable bonds is 4. The fraction of sp³-hybridized carbons (Fsp3) is 0.583. The maximum absolute atomic E-state index is 10.8. The lowest BCUT2D eigenvalue weighted by atomic mass is 10.2. The zero-order chi connectivity index (χ0) is 13.1. The van der Waals surface area contributed by atoms with Gasteiger partial charge in [0.05, 0.1) is 11.3 Å². The van der Waals surface area contributed by atoms with Crippen molar-refractivity contribution >= 4 is 11.9 Å². The molecular formula is C12H18N4O2. The number of aryl methyl sites for hydroxylation is 1. The summed E-state index contributed by atoms with van der Waals surface area (Å²) in [6, 6.07) is 0.507. The number of anilines is 1. The van der Waals surface area contributed by atoms with Crippen LogP contribution in [0.15, 0.2) is 6.20 Å². The van der Waals surface area contributed by atoms with E-state index in [1.165, 1.54) is 19.0 Å². The Morgan fingerprint density at radius 1 is 1.67 bits per heavy atom. The van der Waals surface area contributed by atoms with Crippen molar-refractivity contribution in [3.05, 3.63) is 17.5 Å². The quantitative estimate of drug-likeness (QED) is 0.829. The number of carboxylic acids is 1. The van der Waals surface area contributed by atoms with E-state index in [-0.39, 0.29) is 5.56 Å². The summed E-state index contributed by atoms with van der Waals surface area (Å²) < 4.78 is 0. The summed E-state index contributed by atoms with van der Waals surface area (Å²) >= 11 is 0. The van der Waals surface area contributed by atoms with Crippen LogP contribution in [0.5, 0.6) is 0 Å². The number of carboxylic acid groups (broad SMARTS) is 1. The molecule has 0 bridgehead atoms. The minimum Gasteiger partial charge on any atom is -0.478 e. The molecule has 0 amide bonds. The molecule has 0 aromatic carbocycles. The van der Waals surface area contributed by atoms with Crippen LogP contribution in [-0.4, -0.2) is 52.1 Å². The summed E-state index contributed by atoms with van der Waals surface area (Å²) in [4.78, 5) is 21.3. The Hall–Kier alpha value is -1.69. The monoisotopic (exact) mass is 250 g/mol. The van der Waals surface area contributed by atoms with Crippen LogP contribution in [0, 0.1) is 6.92 Å². The number of likely N-dealkylation sites (N-methyl/N-ethyl adjacent to an activating group) is 1. The van der Waals surface area contributed by atoms with Crippen molar-refractivity contribution in [2.24, 2.45) is 0 Å². The van der Waals surface area contributed by atoms with E-state index >= 15 is 0 Å². The van der Waals surface area contributed by atoms with Crippen LogP contribution < -0.4 is 5.32 Å². The van der Waals surface area contributed by atoms with Gasteiger partial charge in [-0.1, -0.05) is 0 Å². The van der Waals surface area contributed by atoms with Crippen molar-refractivity contribution in [2.45, 2.75) is 25.8 Å². The van der Waals surface area contributed by atoms with Crippen LogP contribution in [-0.2, 0) is 0 Å². The van der Waals surface area contributed by atoms with Gasteiger partial charge < -0.3 is 15.3 Å². The lowest BCUT2D eigenvalue weighted by Crippen LogP contribution is -2.32. The predicted octanol–water partition coefficient (Wildman–Crippen LogP) is 0.989. The van der Waals surface area contributed by atoms with E-state index in [0.29, 0.717) is 17.7 Å². The number of hydrogen-bond donors (Lipinski definition) is 2. The highest BCUT2D eigenvalue weighted by atomic mass is 16.4. The van der Waals surface area contributed by atoms with Gasteiger partial charge in [0.2, 0.25) is 5.95 Å². The molecule has 2 N–H and O–H groups in total. The van der Waals surface area contributed by atoms with Crippen LogP contribution in [0.3, 0.4) is 0 Å². The Morgan fingerprint density at radius 3 is 3.00 bits per heavy atom. The van der Waals surface area contributed by atoms with Crippen molar-refractivity contribution in [3.8, 4) is 0 Å². The highest BCUT2D eigenvalue weighted by Gasteiger charge is 2.20. The molecular weight excluding hydrogens is 232 g/mol. The fourth-order valence-electron chi connectivity index (χ4n) is 2.21. The van der Waals surface area contributed by atoms with Gasteiger partial charge in [0.15, 0.2) is 0 Å². The minimum absolute atomic E-state index is 0.151. The summed E-state index contributed by atoms with van der Waals surface area (Å²) in [5.74, 6) is -0.493. The molecule has 6 heteroatoms. The lowest BCUT2D eigenvalue weighted by molar-refractivity contribution is 0.0695. The third-order valence-corrected chi connectivity index (χ3v) is 3.38. The smallest absolute Gasteiger partial charge is 0.339 e. The van der Waals surface area contributed by atoms with Gasteiger partial charge in [-0.25, -0.2) is 14.8 Å². The second-order valence-electron chi connectivity index (χ2n) is 4.66. The van der Waals surface area contributed by atoms with Crippen molar-refractivity contribution in [2.75, 3.05) is 25.5 Å². The molecule has 6 nitrogen and oxygen atoms in total. The average molecular weight is 250 g/mol. The summed E-state index contributed by atoms with van der Waals surface area (Å²) in [6.07, 6.45) is 3.75. The molecule has 1 unspecified atom stereocenters. The van der Waals surface area contributed by atoms with Gasteiger partial charge in [0.1, 0.15) is 0 Å². The SMILES string of the molecule is Cc1nc(NCC2CCCN2C)ncc1C(=O)O. The van der Waals surface area contributed by atoms with E-state index in [9.17, 15) is 4.79 Å². The number of nitrogens with zero attached hydrogens (tertiary/aromatic N) is 3. The van der Waals surface area contributed by atoms with Gasteiger partial charge in [0, 0.05) is 18.8 Å². The fourth-order valence-corrected chi connectivity index (χ4v) is 2.21. The van der Waals surface area contributed by atoms with Crippen LogP contribution in [0.2, 0.25) is 0 Å². The summed E-state index contributed by atoms with van der Waals surface area (Å²) in [5, 5.41) is 12.1. The molecule has 1 aliphatic rings. The molecule has 1 aromatic rings. The minimum atomic E-state index is -0.991. The number of aromatic carboxylic acids is 1. The van der Waals surface area contributed by atoms with Gasteiger partial charge in [-0.15, -0.1) is 0 Å². The van der Waals surface area contributed by atoms with Gasteiger partial charge >= 0.3 is 5.97 Å². The van der Waals surface area contributed by atoms with E-state index in [1.54, 1.807) is 6.92 Å². The first-order valence-electron chi connectivity index (χ1n) is 6.09. The molecule has 0 saturated carbocycles. The average Bonchev–Trinajstić information content (AvgIpc) is 2.72. The Kier molecular flexibility index (Phi) is 3.76. The molecule has 0 radical (unpaired) electrons. The predicted molar refractivity (Wildman–Crippen MR) is 67.9 cm³/mol. The Morgan fingerprint density at radius 2 is 2.44 bits per heavy atom. The third-order valence-electron chi connectivity index (χ3n) is 3.38. The number of carbonyl (C=O) groups is 1. The second-order valence-corrected chi connectivity index (χ2v) is 4.66. The van der Waals surface area contributed by atoms with E-state index in [4.69, 9.17) is 5.11 Å². The number of likely N-dealkylation sites (tertiary alicyclic amines) is 1. The standard InChI is InChI=1S/C12H18N4O2/c1-8-10(11(17)18)7-14-12(15-8)13-6-9-4-3-5-16(9)2/h7,9H,3-6H2,1-2H3,(H,17,18)(H,13,14,15). The van der Waals surface area contributed by atoms with Crippen LogP contribution in [0.1, 0.15) is 28.9 Å². The van der Waals surface area contributed by atoms with Crippen molar-refractivity contribution in [1.82, 2.24) is 14.9 Å². The van der Waals surface area contributed by atoms with Crippen molar-refractivity contribution in [3.63, 3.8) is 0 Å². The highest BCUT2D eigenvalue weighted by molar-refractivity contribution is 5.88. The van der Waals surface area contributed by atoms with E-state index in [1.807, 2.05) is 0 Å². The van der Waals surface area contributed by atoms with Crippen LogP contribution in [0.25, 0.3) is 0 Å². The Labute approximate surface area is 106 Å². The normalized spacial score (nSPS) is 20.0. The molecule has 1 aliphatic heterocycles. The van der Waals surface area contributed by atoms with Gasteiger partial charge in [-0.2, -0.15) is 0 Å². The van der Waals surface area contributed by atoms with Crippen molar-refractivity contribution in [1.29, 1.82) is 0 Å². The van der Waals surface area contributed by atoms with Crippen LogP contribution >= 0.6 is 0 Å². The third kappa shape index (κ3) is 2.76. The molecule has 1 fully saturated rings. The Bertz CT molecular complexity index is 450. The van der Waals surface area contributed by atoms with E-state index < -0.39 is 5.97 Å². The van der Waals surface area contributed by atoms with Gasteiger partial charge in [0.25, 0.3) is 0 Å². The molecule has 1 atom stereocenters. The molecule has 1 saturated heterocycles. The summed E-state index contributed by atoms with van der Waals surface area (Å²) in [7, 11) is 2.11. The molecule has 2 heterocycles. The molecule has 1 aromatic heterocycles. The summed E-state index contributed by atoms with van der Waals surface area (Å²) in [6.45, 7) is 3.60. The van der Waals surface area contributed by atoms with Crippen LogP contribution in [0.4, 0.5) is 5.95 Å². The highest BCUT2D eigenvalue weighted by Crippen LogP contribution is 2.15. The number of aromatic nitrogens is 2. The maximum Gasteiger partial charge on any atom is 0.339 e. The van der Waals surface area contributed by atoms with E-state index in [0.717, 1.165) is 13.1 Å². The molecule has 98 valence electrons. The lowest BCUT2D eigenvalue weighted by Gasteiger charge is -2.19. The summed E-state index contributed by atoms with van der Waals surface area (Å²) in [5.41, 5.74) is 0.637. The molecule has 0 aliphatic carbocycles. The first kappa shape index (κ1) is 12.8. The van der Waals surface area contributed by atoms with Crippen molar-refractivity contribution < 1.29 is 9.90 Å². The van der Waals surface area contributed by atoms with E-state index in [2.05, 4.69) is 27.2 Å². The number of hydrogen-bond acceptors (Lipinski definition) is 5. The Balaban J connectivity index is 1.98. The zero-order valence-corrected chi connectivity index (χ0v) is 10.7. The molecule has 18 heavy (non-hydrogen) atoms. The maximum atomic E-state index is 10.8. The largest absolute Gasteiger partial charge is 0.478 e. The first-order valence-corrected chi connectivity index (χ1v) is 6.09. The second kappa shape index (κ2) is 5.30. The number of nitrogens with one attached hydrogen (secondary N) is 1. The molecule has 2 rings (SSSR count). The van der Waals surface area contributed by atoms with Gasteiger partial charge in [-0.05, 0) is 33.4 Å².